The first kappa shape index (κ1) is 22.2. The molecule has 0 atom stereocenters. The van der Waals surface area contributed by atoms with Crippen molar-refractivity contribution in [3.8, 4) is 11.5 Å². The van der Waals surface area contributed by atoms with E-state index < -0.39 is 5.82 Å². The van der Waals surface area contributed by atoms with Gasteiger partial charge in [-0.3, -0.25) is 14.6 Å². The zero-order chi connectivity index (χ0) is 23.0. The lowest BCUT2D eigenvalue weighted by atomic mass is 10.1. The average Bonchev–Trinajstić information content (AvgIpc) is 3.39. The van der Waals surface area contributed by atoms with Gasteiger partial charge in [0.1, 0.15) is 5.75 Å². The van der Waals surface area contributed by atoms with Crippen molar-refractivity contribution in [3.05, 3.63) is 112 Å². The number of nitrogens with zero attached hydrogens (tertiary/aromatic N) is 1. The fraction of sp³-hybridized carbons (Fsp3) is 0.0800. The van der Waals surface area contributed by atoms with Crippen LogP contribution in [0.1, 0.15) is 31.2 Å². The van der Waals surface area contributed by atoms with Crippen molar-refractivity contribution in [1.82, 2.24) is 15.6 Å². The first-order valence-electron chi connectivity index (χ1n) is 10.1. The maximum Gasteiger partial charge on any atom is 0.261 e. The van der Waals surface area contributed by atoms with Gasteiger partial charge >= 0.3 is 0 Å². The Bertz CT molecular complexity index is 1230. The largest absolute Gasteiger partial charge is 0.453 e. The molecule has 0 aliphatic rings. The predicted molar refractivity (Wildman–Crippen MR) is 124 cm³/mol. The predicted octanol–water partition coefficient (Wildman–Crippen LogP) is 4.93. The zero-order valence-corrected chi connectivity index (χ0v) is 18.3. The summed E-state index contributed by atoms with van der Waals surface area (Å²) in [6, 6.07) is 18.5. The number of carbonyl (C=O) groups is 2. The molecule has 4 rings (SSSR count). The van der Waals surface area contributed by atoms with Crippen molar-refractivity contribution >= 4 is 23.2 Å². The van der Waals surface area contributed by atoms with Gasteiger partial charge in [-0.1, -0.05) is 24.3 Å². The number of benzene rings is 2. The number of rotatable bonds is 8. The van der Waals surface area contributed by atoms with Gasteiger partial charge in [-0.2, -0.15) is 0 Å². The molecular formula is C25H20FN3O3S. The van der Waals surface area contributed by atoms with E-state index in [1.807, 2.05) is 11.4 Å². The molecule has 8 heteroatoms. The molecule has 0 spiro atoms. The number of hydrogen-bond acceptors (Lipinski definition) is 5. The Morgan fingerprint density at radius 3 is 2.36 bits per heavy atom. The van der Waals surface area contributed by atoms with Crippen LogP contribution in [-0.2, 0) is 13.1 Å². The summed E-state index contributed by atoms with van der Waals surface area (Å²) < 4.78 is 19.8. The highest BCUT2D eigenvalue weighted by Gasteiger charge is 2.10. The van der Waals surface area contributed by atoms with E-state index in [1.165, 1.54) is 29.7 Å². The average molecular weight is 462 g/mol. The number of pyridine rings is 1. The molecule has 33 heavy (non-hydrogen) atoms. The standard InChI is InChI=1S/C25H20FN3O3S/c26-21-13-18(7-10-22(21)32-20-3-1-11-27-16-20)15-28-24(30)19-8-5-17(6-9-19)14-29-25(31)23-4-2-12-33-23/h1-13,16H,14-15H2,(H,28,30)(H,29,31). The molecule has 0 unspecified atom stereocenters. The van der Waals surface area contributed by atoms with E-state index in [0.717, 1.165) is 5.56 Å². The molecular weight excluding hydrogens is 441 g/mol. The second-order valence-electron chi connectivity index (χ2n) is 7.10. The molecule has 166 valence electrons. The van der Waals surface area contributed by atoms with E-state index in [2.05, 4.69) is 15.6 Å². The van der Waals surface area contributed by atoms with E-state index >= 15 is 0 Å². The molecule has 2 aromatic heterocycles. The summed E-state index contributed by atoms with van der Waals surface area (Å²) in [6.45, 7) is 0.535. The van der Waals surface area contributed by atoms with Crippen molar-refractivity contribution in [2.45, 2.75) is 13.1 Å². The summed E-state index contributed by atoms with van der Waals surface area (Å²) in [4.78, 5) is 29.0. The smallest absolute Gasteiger partial charge is 0.261 e. The Labute approximate surface area is 194 Å². The van der Waals surface area contributed by atoms with Gasteiger partial charge in [0.05, 0.1) is 11.1 Å². The molecule has 0 aliphatic heterocycles. The van der Waals surface area contributed by atoms with Gasteiger partial charge in [0.25, 0.3) is 11.8 Å². The van der Waals surface area contributed by atoms with Crippen LogP contribution in [0.5, 0.6) is 11.5 Å². The van der Waals surface area contributed by atoms with E-state index in [0.29, 0.717) is 28.3 Å². The Balaban J connectivity index is 1.28. The van der Waals surface area contributed by atoms with Gasteiger partial charge in [0.15, 0.2) is 11.6 Å². The molecule has 0 bridgehead atoms. The highest BCUT2D eigenvalue weighted by molar-refractivity contribution is 7.12. The Hall–Kier alpha value is -4.04. The highest BCUT2D eigenvalue weighted by Crippen LogP contribution is 2.24. The summed E-state index contributed by atoms with van der Waals surface area (Å²) >= 11 is 1.38. The third-order valence-corrected chi connectivity index (χ3v) is 5.59. The lowest BCUT2D eigenvalue weighted by molar-refractivity contribution is 0.0943. The number of carbonyl (C=O) groups excluding carboxylic acids is 2. The van der Waals surface area contributed by atoms with Gasteiger partial charge in [0.2, 0.25) is 0 Å². The highest BCUT2D eigenvalue weighted by atomic mass is 32.1. The van der Waals surface area contributed by atoms with Crippen molar-refractivity contribution in [2.24, 2.45) is 0 Å². The monoisotopic (exact) mass is 461 g/mol. The van der Waals surface area contributed by atoms with Crippen LogP contribution in [0, 0.1) is 5.82 Å². The third-order valence-electron chi connectivity index (χ3n) is 4.73. The maximum atomic E-state index is 14.4. The Kier molecular flexibility index (Phi) is 7.06. The second-order valence-corrected chi connectivity index (χ2v) is 8.04. The van der Waals surface area contributed by atoms with Crippen LogP contribution in [0.25, 0.3) is 0 Å². The van der Waals surface area contributed by atoms with Crippen LogP contribution < -0.4 is 15.4 Å². The molecule has 2 heterocycles. The van der Waals surface area contributed by atoms with Crippen LogP contribution in [0.15, 0.2) is 84.5 Å². The second kappa shape index (κ2) is 10.5. The minimum absolute atomic E-state index is 0.0832. The quantitative estimate of drug-likeness (QED) is 0.390. The molecule has 0 fully saturated rings. The van der Waals surface area contributed by atoms with Crippen LogP contribution in [0.2, 0.25) is 0 Å². The van der Waals surface area contributed by atoms with Crippen LogP contribution in [-0.4, -0.2) is 16.8 Å². The first-order valence-corrected chi connectivity index (χ1v) is 11.0. The van der Waals surface area contributed by atoms with Crippen molar-refractivity contribution in [1.29, 1.82) is 0 Å². The topological polar surface area (TPSA) is 80.3 Å². The lowest BCUT2D eigenvalue weighted by Gasteiger charge is -2.10. The van der Waals surface area contributed by atoms with E-state index in [-0.39, 0.29) is 24.1 Å². The number of aromatic nitrogens is 1. The molecule has 2 amide bonds. The third kappa shape index (κ3) is 6.02. The number of nitrogens with one attached hydrogen (secondary N) is 2. The summed E-state index contributed by atoms with van der Waals surface area (Å²) in [5.74, 6) is -0.414. The molecule has 4 aromatic rings. The number of hydrogen-bond donors (Lipinski definition) is 2. The summed E-state index contributed by atoms with van der Waals surface area (Å²) in [7, 11) is 0. The SMILES string of the molecule is O=C(NCc1ccc(Oc2cccnc2)c(F)c1)c1ccc(CNC(=O)c2cccs2)cc1. The maximum absolute atomic E-state index is 14.4. The van der Waals surface area contributed by atoms with Crippen LogP contribution in [0.3, 0.4) is 0 Å². The molecule has 2 N–H and O–H groups in total. The number of halogens is 1. The minimum atomic E-state index is -0.528. The fourth-order valence-corrected chi connectivity index (χ4v) is 3.65. The van der Waals surface area contributed by atoms with E-state index in [4.69, 9.17) is 4.74 Å². The van der Waals surface area contributed by atoms with E-state index in [1.54, 1.807) is 54.7 Å². The van der Waals surface area contributed by atoms with Crippen LogP contribution >= 0.6 is 11.3 Å². The molecule has 0 saturated carbocycles. The van der Waals surface area contributed by atoms with Crippen LogP contribution in [0.4, 0.5) is 4.39 Å². The van der Waals surface area contributed by atoms with E-state index in [9.17, 15) is 14.0 Å². The summed E-state index contributed by atoms with van der Waals surface area (Å²) in [6.07, 6.45) is 3.10. The van der Waals surface area contributed by atoms with Gasteiger partial charge in [-0.25, -0.2) is 4.39 Å². The number of thiophene rings is 1. The van der Waals surface area contributed by atoms with Crippen molar-refractivity contribution < 1.29 is 18.7 Å². The molecule has 0 aliphatic carbocycles. The summed E-state index contributed by atoms with van der Waals surface area (Å²) in [5, 5.41) is 7.47. The van der Waals surface area contributed by atoms with Gasteiger partial charge in [0, 0.05) is 24.8 Å². The number of ether oxygens (including phenoxy) is 1. The van der Waals surface area contributed by atoms with Crippen molar-refractivity contribution in [2.75, 3.05) is 0 Å². The Morgan fingerprint density at radius 1 is 0.909 bits per heavy atom. The molecule has 0 saturated heterocycles. The van der Waals surface area contributed by atoms with Gasteiger partial charge < -0.3 is 15.4 Å². The first-order chi connectivity index (χ1) is 16.1. The molecule has 6 nitrogen and oxygen atoms in total. The zero-order valence-electron chi connectivity index (χ0n) is 17.5. The molecule has 2 aromatic carbocycles. The van der Waals surface area contributed by atoms with Crippen molar-refractivity contribution in [3.63, 3.8) is 0 Å². The number of amides is 2. The Morgan fingerprint density at radius 2 is 1.67 bits per heavy atom. The molecule has 0 radical (unpaired) electrons. The normalized spacial score (nSPS) is 10.5. The fourth-order valence-electron chi connectivity index (χ4n) is 3.01. The van der Waals surface area contributed by atoms with Gasteiger partial charge in [-0.05, 0) is 59.0 Å². The lowest BCUT2D eigenvalue weighted by Crippen LogP contribution is -2.23. The van der Waals surface area contributed by atoms with Gasteiger partial charge in [-0.15, -0.1) is 11.3 Å². The minimum Gasteiger partial charge on any atom is -0.453 e. The summed E-state index contributed by atoms with van der Waals surface area (Å²) in [5.41, 5.74) is 1.95.